The van der Waals surface area contributed by atoms with Crippen molar-refractivity contribution in [1.82, 2.24) is 9.88 Å². The summed E-state index contributed by atoms with van der Waals surface area (Å²) in [5.41, 5.74) is 2.69. The Labute approximate surface area is 237 Å². The molecule has 3 aromatic carbocycles. The van der Waals surface area contributed by atoms with Crippen LogP contribution >= 0.6 is 22.9 Å². The highest BCUT2D eigenvalue weighted by Crippen LogP contribution is 2.34. The van der Waals surface area contributed by atoms with Gasteiger partial charge in [-0.2, -0.15) is 0 Å². The van der Waals surface area contributed by atoms with Crippen molar-refractivity contribution in [3.63, 3.8) is 0 Å². The van der Waals surface area contributed by atoms with Gasteiger partial charge in [-0.25, -0.2) is 13.4 Å². The molecular weight excluding hydrogens is 556 g/mol. The normalized spacial score (nSPS) is 14.4. The number of hydrogen-bond donors (Lipinski definition) is 0. The summed E-state index contributed by atoms with van der Waals surface area (Å²) in [6.07, 6.45) is 0. The first-order chi connectivity index (χ1) is 18.7. The van der Waals surface area contributed by atoms with Crippen LogP contribution in [0.25, 0.3) is 10.2 Å². The van der Waals surface area contributed by atoms with Crippen LogP contribution < -0.4 is 9.21 Å². The molecule has 2 heterocycles. The molecule has 1 aromatic heterocycles. The molecule has 4 aromatic rings. The van der Waals surface area contributed by atoms with Crippen molar-refractivity contribution in [3.8, 4) is 0 Å². The summed E-state index contributed by atoms with van der Waals surface area (Å²) in [6.45, 7) is 5.99. The first-order valence-corrected chi connectivity index (χ1v) is 15.2. The number of fused-ring (bicyclic) bond motifs is 1. The van der Waals surface area contributed by atoms with E-state index in [4.69, 9.17) is 21.3 Å². The minimum absolute atomic E-state index is 0.107. The molecule has 1 aliphatic rings. The Bertz CT molecular complexity index is 1570. The predicted molar refractivity (Wildman–Crippen MR) is 157 cm³/mol. The number of para-hydroxylation sites is 1. The largest absolute Gasteiger partial charge is 0.379 e. The fourth-order valence-electron chi connectivity index (χ4n) is 4.47. The van der Waals surface area contributed by atoms with Crippen molar-refractivity contribution in [2.45, 2.75) is 11.8 Å². The van der Waals surface area contributed by atoms with E-state index in [1.807, 2.05) is 25.1 Å². The van der Waals surface area contributed by atoms with Crippen molar-refractivity contribution in [2.75, 3.05) is 55.6 Å². The maximum atomic E-state index is 13.8. The van der Waals surface area contributed by atoms with Gasteiger partial charge in [-0.15, -0.1) is 0 Å². The van der Waals surface area contributed by atoms with Crippen LogP contribution in [0.4, 0.5) is 10.8 Å². The van der Waals surface area contributed by atoms with Gasteiger partial charge in [0.2, 0.25) is 0 Å². The van der Waals surface area contributed by atoms with Crippen LogP contribution in [0.15, 0.2) is 71.6 Å². The van der Waals surface area contributed by atoms with Gasteiger partial charge < -0.3 is 4.74 Å². The van der Waals surface area contributed by atoms with Crippen LogP contribution in [0.1, 0.15) is 15.9 Å². The number of morpholine rings is 1. The molecule has 0 bridgehead atoms. The topological polar surface area (TPSA) is 83.0 Å². The third-order valence-corrected chi connectivity index (χ3v) is 9.78. The number of sulfonamides is 1. The quantitative estimate of drug-likeness (QED) is 0.288. The number of benzene rings is 3. The van der Waals surface area contributed by atoms with E-state index in [0.29, 0.717) is 47.7 Å². The second-order valence-corrected chi connectivity index (χ2v) is 12.7. The van der Waals surface area contributed by atoms with Gasteiger partial charge in [0, 0.05) is 43.8 Å². The number of anilines is 2. The Hall–Kier alpha value is -3.02. The Kier molecular flexibility index (Phi) is 8.20. The number of thiazole rings is 1. The van der Waals surface area contributed by atoms with Crippen LogP contribution in [-0.4, -0.2) is 70.6 Å². The lowest BCUT2D eigenvalue weighted by atomic mass is 10.2. The highest BCUT2D eigenvalue weighted by atomic mass is 35.5. The van der Waals surface area contributed by atoms with E-state index in [9.17, 15) is 13.2 Å². The minimum Gasteiger partial charge on any atom is -0.379 e. The monoisotopic (exact) mass is 584 g/mol. The molecule has 11 heteroatoms. The van der Waals surface area contributed by atoms with Crippen LogP contribution in [0.3, 0.4) is 0 Å². The molecule has 0 N–H and O–H groups in total. The zero-order chi connectivity index (χ0) is 27.6. The molecule has 5 rings (SSSR count). The van der Waals surface area contributed by atoms with Crippen molar-refractivity contribution in [3.05, 3.63) is 82.9 Å². The number of amides is 1. The van der Waals surface area contributed by atoms with Gasteiger partial charge in [0.15, 0.2) is 5.13 Å². The molecule has 1 fully saturated rings. The molecule has 1 aliphatic heterocycles. The van der Waals surface area contributed by atoms with Gasteiger partial charge in [-0.1, -0.05) is 41.1 Å². The van der Waals surface area contributed by atoms with E-state index in [1.54, 1.807) is 41.3 Å². The first kappa shape index (κ1) is 27.5. The zero-order valence-electron chi connectivity index (χ0n) is 21.7. The van der Waals surface area contributed by atoms with Crippen LogP contribution in [0.5, 0.6) is 0 Å². The van der Waals surface area contributed by atoms with E-state index in [0.717, 1.165) is 28.9 Å². The number of hydrogen-bond acceptors (Lipinski definition) is 7. The first-order valence-electron chi connectivity index (χ1n) is 12.6. The van der Waals surface area contributed by atoms with Crippen LogP contribution in [0, 0.1) is 6.92 Å². The van der Waals surface area contributed by atoms with Gasteiger partial charge in [0.1, 0.15) is 0 Å². The second kappa shape index (κ2) is 11.6. The average molecular weight is 585 g/mol. The summed E-state index contributed by atoms with van der Waals surface area (Å²) in [5, 5.41) is 1.20. The lowest BCUT2D eigenvalue weighted by Gasteiger charge is -2.29. The Morgan fingerprint density at radius 3 is 2.46 bits per heavy atom. The average Bonchev–Trinajstić information content (AvgIpc) is 3.38. The SMILES string of the molecule is Cc1cc(Cl)cc2sc(N(CCN3CCOCC3)C(=O)c3ccc(S(=O)(=O)N(C)c4ccccc4)cc3)nc12. The van der Waals surface area contributed by atoms with Gasteiger partial charge in [-0.3, -0.25) is 18.9 Å². The smallest absolute Gasteiger partial charge is 0.264 e. The summed E-state index contributed by atoms with van der Waals surface area (Å²) in [5.74, 6) is -0.244. The number of halogens is 1. The molecule has 0 spiro atoms. The van der Waals surface area contributed by atoms with E-state index in [2.05, 4.69) is 4.90 Å². The zero-order valence-corrected chi connectivity index (χ0v) is 24.1. The van der Waals surface area contributed by atoms with Gasteiger partial charge in [-0.05, 0) is 61.0 Å². The Morgan fingerprint density at radius 2 is 1.77 bits per heavy atom. The molecule has 1 saturated heterocycles. The van der Waals surface area contributed by atoms with Crippen molar-refractivity contribution < 1.29 is 17.9 Å². The molecule has 8 nitrogen and oxygen atoms in total. The van der Waals surface area contributed by atoms with E-state index >= 15 is 0 Å². The maximum Gasteiger partial charge on any atom is 0.264 e. The van der Waals surface area contributed by atoms with Gasteiger partial charge >= 0.3 is 0 Å². The molecule has 39 heavy (non-hydrogen) atoms. The number of aryl methyl sites for hydroxylation is 1. The third-order valence-electron chi connectivity index (χ3n) is 6.74. The van der Waals surface area contributed by atoms with E-state index in [1.165, 1.54) is 34.8 Å². The summed E-state index contributed by atoms with van der Waals surface area (Å²) in [4.78, 5) is 22.7. The van der Waals surface area contributed by atoms with E-state index in [-0.39, 0.29) is 10.8 Å². The number of carbonyl (C=O) groups excluding carboxylic acids is 1. The summed E-state index contributed by atoms with van der Waals surface area (Å²) in [7, 11) is -2.28. The fourth-order valence-corrected chi connectivity index (χ4v) is 7.11. The lowest BCUT2D eigenvalue weighted by molar-refractivity contribution is 0.0391. The lowest BCUT2D eigenvalue weighted by Crippen LogP contribution is -2.43. The number of rotatable bonds is 8. The molecule has 0 atom stereocenters. The third kappa shape index (κ3) is 5.95. The number of carbonyl (C=O) groups is 1. The van der Waals surface area contributed by atoms with Crippen molar-refractivity contribution in [2.24, 2.45) is 0 Å². The molecule has 1 amide bonds. The van der Waals surface area contributed by atoms with Crippen molar-refractivity contribution >= 4 is 59.9 Å². The maximum absolute atomic E-state index is 13.8. The van der Waals surface area contributed by atoms with Crippen LogP contribution in [-0.2, 0) is 14.8 Å². The van der Waals surface area contributed by atoms with Crippen molar-refractivity contribution in [1.29, 1.82) is 0 Å². The Morgan fingerprint density at radius 1 is 1.08 bits per heavy atom. The molecule has 0 saturated carbocycles. The summed E-state index contributed by atoms with van der Waals surface area (Å²) in [6, 6.07) is 18.7. The molecule has 0 unspecified atom stereocenters. The number of aromatic nitrogens is 1. The van der Waals surface area contributed by atoms with E-state index < -0.39 is 10.0 Å². The molecule has 0 aliphatic carbocycles. The molecular formula is C28H29ClN4O4S2. The number of nitrogens with zero attached hydrogens (tertiary/aromatic N) is 4. The van der Waals surface area contributed by atoms with Gasteiger partial charge in [0.25, 0.3) is 15.9 Å². The van der Waals surface area contributed by atoms with Crippen LogP contribution in [0.2, 0.25) is 5.02 Å². The fraction of sp³-hybridized carbons (Fsp3) is 0.286. The summed E-state index contributed by atoms with van der Waals surface area (Å²) >= 11 is 7.69. The molecule has 204 valence electrons. The van der Waals surface area contributed by atoms with Gasteiger partial charge in [0.05, 0.1) is 34.0 Å². The second-order valence-electron chi connectivity index (χ2n) is 9.31. The highest BCUT2D eigenvalue weighted by Gasteiger charge is 2.25. The standard InChI is InChI=1S/C28H29ClN4O4S2/c1-20-18-22(29)19-25-26(20)30-28(38-25)33(13-12-32-14-16-37-17-15-32)27(34)21-8-10-24(11-9-21)39(35,36)31(2)23-6-4-3-5-7-23/h3-11,18-19H,12-17H2,1-2H3. The predicted octanol–water partition coefficient (Wildman–Crippen LogP) is 5.06. The minimum atomic E-state index is -3.79. The highest BCUT2D eigenvalue weighted by molar-refractivity contribution is 7.92. The number of ether oxygens (including phenoxy) is 1. The molecule has 0 radical (unpaired) electrons. The summed E-state index contributed by atoms with van der Waals surface area (Å²) < 4.78 is 34.0. The Balaban J connectivity index is 1.43.